The second-order valence-electron chi connectivity index (χ2n) is 6.94. The predicted octanol–water partition coefficient (Wildman–Crippen LogP) is 2.35. The summed E-state index contributed by atoms with van der Waals surface area (Å²) < 4.78 is 23.1. The summed E-state index contributed by atoms with van der Waals surface area (Å²) in [6.07, 6.45) is 6.63. The van der Waals surface area contributed by atoms with Crippen molar-refractivity contribution in [3.8, 4) is 0 Å². The number of hydrogen-bond donors (Lipinski definition) is 1. The zero-order valence-electron chi connectivity index (χ0n) is 14.5. The Bertz CT molecular complexity index is 955. The third kappa shape index (κ3) is 3.61. The summed E-state index contributed by atoms with van der Waals surface area (Å²) in [5.41, 5.74) is 1.36. The molecule has 0 saturated carbocycles. The van der Waals surface area contributed by atoms with E-state index in [2.05, 4.69) is 15.3 Å². The Morgan fingerprint density at radius 1 is 1.35 bits per heavy atom. The van der Waals surface area contributed by atoms with Crippen molar-refractivity contribution in [2.24, 2.45) is 0 Å². The van der Waals surface area contributed by atoms with Gasteiger partial charge in [-0.25, -0.2) is 18.4 Å². The number of aromatic nitrogens is 2. The van der Waals surface area contributed by atoms with Crippen LogP contribution in [0.2, 0.25) is 0 Å². The normalized spacial score (nSPS) is 22.9. The van der Waals surface area contributed by atoms with Gasteiger partial charge < -0.3 is 5.32 Å². The quantitative estimate of drug-likeness (QED) is 0.614. The zero-order valence-corrected chi connectivity index (χ0v) is 17.0. The summed E-state index contributed by atoms with van der Waals surface area (Å²) in [5.74, 6) is 0.0758. The second kappa shape index (κ2) is 7.09. The van der Waals surface area contributed by atoms with Crippen molar-refractivity contribution in [3.63, 3.8) is 0 Å². The molecule has 0 radical (unpaired) electrons. The average Bonchev–Trinajstić information content (AvgIpc) is 3.14. The number of thioether (sulfide) groups is 1. The summed E-state index contributed by atoms with van der Waals surface area (Å²) in [6, 6.07) is -0.269. The predicted molar refractivity (Wildman–Crippen MR) is 105 cm³/mol. The standard InChI is InChI=1S/C17H21N3O3S3/c1-10(15(21)20-11-6-7-26(22,23)8-11)24-16-14-12-4-2-3-5-13(12)25-17(14)19-9-18-16/h9-11H,2-8H2,1H3,(H,20,21)/t10-,11+/m0/s1. The van der Waals surface area contributed by atoms with Crippen LogP contribution < -0.4 is 5.32 Å². The fraction of sp³-hybridized carbons (Fsp3) is 0.588. The van der Waals surface area contributed by atoms with Crippen LogP contribution in [0.4, 0.5) is 0 Å². The number of hydrogen-bond acceptors (Lipinski definition) is 7. The Balaban J connectivity index is 1.51. The maximum absolute atomic E-state index is 12.5. The molecule has 1 saturated heterocycles. The monoisotopic (exact) mass is 411 g/mol. The highest BCUT2D eigenvalue weighted by molar-refractivity contribution is 8.00. The van der Waals surface area contributed by atoms with E-state index in [0.29, 0.717) is 6.42 Å². The lowest BCUT2D eigenvalue weighted by Gasteiger charge is -2.16. The molecule has 2 aromatic heterocycles. The SMILES string of the molecule is C[C@H](Sc1ncnc2sc3c(c12)CCCC3)C(=O)N[C@@H]1CCS(=O)(=O)C1. The number of carbonyl (C=O) groups excluding carboxylic acids is 1. The van der Waals surface area contributed by atoms with Gasteiger partial charge in [-0.05, 0) is 44.6 Å². The number of thiophene rings is 1. The lowest BCUT2D eigenvalue weighted by molar-refractivity contribution is -0.120. The molecule has 1 aliphatic carbocycles. The molecule has 26 heavy (non-hydrogen) atoms. The summed E-state index contributed by atoms with van der Waals surface area (Å²) >= 11 is 3.18. The van der Waals surface area contributed by atoms with Gasteiger partial charge in [-0.15, -0.1) is 11.3 Å². The smallest absolute Gasteiger partial charge is 0.233 e. The second-order valence-corrected chi connectivity index (χ2v) is 11.6. The maximum atomic E-state index is 12.5. The molecule has 9 heteroatoms. The number of nitrogens with one attached hydrogen (secondary N) is 1. The Morgan fingerprint density at radius 3 is 2.92 bits per heavy atom. The molecule has 1 fully saturated rings. The van der Waals surface area contributed by atoms with Crippen LogP contribution in [0.15, 0.2) is 11.4 Å². The van der Waals surface area contributed by atoms with Gasteiger partial charge in [0, 0.05) is 16.3 Å². The molecule has 6 nitrogen and oxygen atoms in total. The molecule has 1 N–H and O–H groups in total. The van der Waals surface area contributed by atoms with Gasteiger partial charge in [-0.1, -0.05) is 11.8 Å². The van der Waals surface area contributed by atoms with E-state index in [4.69, 9.17) is 0 Å². The van der Waals surface area contributed by atoms with Gasteiger partial charge in [-0.3, -0.25) is 4.79 Å². The number of rotatable bonds is 4. The molecule has 0 bridgehead atoms. The van der Waals surface area contributed by atoms with Crippen LogP contribution in [-0.2, 0) is 27.5 Å². The molecule has 1 amide bonds. The van der Waals surface area contributed by atoms with Gasteiger partial charge in [0.05, 0.1) is 16.8 Å². The van der Waals surface area contributed by atoms with Crippen molar-refractivity contribution < 1.29 is 13.2 Å². The number of amides is 1. The van der Waals surface area contributed by atoms with Crippen LogP contribution in [-0.4, -0.2) is 47.1 Å². The topological polar surface area (TPSA) is 89.0 Å². The Labute approximate surface area is 161 Å². The van der Waals surface area contributed by atoms with Crippen LogP contribution >= 0.6 is 23.1 Å². The molecule has 140 valence electrons. The van der Waals surface area contributed by atoms with E-state index in [-0.39, 0.29) is 28.7 Å². The Hall–Kier alpha value is -1.19. The Morgan fingerprint density at radius 2 is 2.15 bits per heavy atom. The largest absolute Gasteiger partial charge is 0.351 e. The van der Waals surface area contributed by atoms with Gasteiger partial charge in [0.1, 0.15) is 16.2 Å². The first-order chi connectivity index (χ1) is 12.4. The molecule has 3 heterocycles. The minimum atomic E-state index is -3.00. The molecule has 0 unspecified atom stereocenters. The Kier molecular flexibility index (Phi) is 4.96. The minimum absolute atomic E-state index is 0.0475. The minimum Gasteiger partial charge on any atom is -0.351 e. The van der Waals surface area contributed by atoms with Crippen LogP contribution in [0.5, 0.6) is 0 Å². The number of nitrogens with zero attached hydrogens (tertiary/aromatic N) is 2. The van der Waals surface area contributed by atoms with Gasteiger partial charge in [0.25, 0.3) is 0 Å². The fourth-order valence-electron chi connectivity index (χ4n) is 3.60. The lowest BCUT2D eigenvalue weighted by Crippen LogP contribution is -2.39. The molecule has 0 aromatic carbocycles. The maximum Gasteiger partial charge on any atom is 0.233 e. The van der Waals surface area contributed by atoms with Crippen molar-refractivity contribution in [2.45, 2.75) is 55.3 Å². The van der Waals surface area contributed by atoms with Crippen molar-refractivity contribution in [2.75, 3.05) is 11.5 Å². The van der Waals surface area contributed by atoms with Crippen molar-refractivity contribution in [3.05, 3.63) is 16.8 Å². The molecular formula is C17H21N3O3S3. The highest BCUT2D eigenvalue weighted by Gasteiger charge is 2.30. The van der Waals surface area contributed by atoms with E-state index in [9.17, 15) is 13.2 Å². The lowest BCUT2D eigenvalue weighted by atomic mass is 9.97. The zero-order chi connectivity index (χ0) is 18.3. The van der Waals surface area contributed by atoms with E-state index in [1.165, 1.54) is 35.0 Å². The molecule has 2 aromatic rings. The van der Waals surface area contributed by atoms with Crippen LogP contribution in [0.3, 0.4) is 0 Å². The fourth-order valence-corrected chi connectivity index (χ4v) is 7.52. The summed E-state index contributed by atoms with van der Waals surface area (Å²) in [4.78, 5) is 23.8. The number of fused-ring (bicyclic) bond motifs is 3. The van der Waals surface area contributed by atoms with E-state index in [0.717, 1.165) is 28.1 Å². The van der Waals surface area contributed by atoms with Gasteiger partial charge in [0.15, 0.2) is 9.84 Å². The number of sulfone groups is 1. The van der Waals surface area contributed by atoms with E-state index < -0.39 is 9.84 Å². The molecule has 2 atom stereocenters. The first-order valence-corrected chi connectivity index (χ1v) is 12.4. The summed E-state index contributed by atoms with van der Waals surface area (Å²) in [7, 11) is -3.00. The third-order valence-electron chi connectivity index (χ3n) is 4.95. The van der Waals surface area contributed by atoms with Crippen molar-refractivity contribution >= 4 is 49.1 Å². The van der Waals surface area contributed by atoms with Crippen molar-refractivity contribution in [1.82, 2.24) is 15.3 Å². The molecule has 4 rings (SSSR count). The third-order valence-corrected chi connectivity index (χ3v) is 9.02. The van der Waals surface area contributed by atoms with Crippen LogP contribution in [0.25, 0.3) is 10.2 Å². The summed E-state index contributed by atoms with van der Waals surface area (Å²) in [6.45, 7) is 1.84. The van der Waals surface area contributed by atoms with E-state index >= 15 is 0 Å². The molecule has 0 spiro atoms. The van der Waals surface area contributed by atoms with E-state index in [1.807, 2.05) is 6.92 Å². The van der Waals surface area contributed by atoms with Gasteiger partial charge in [0.2, 0.25) is 5.91 Å². The number of aryl methyl sites for hydroxylation is 2. The highest BCUT2D eigenvalue weighted by atomic mass is 32.2. The molecule has 1 aliphatic heterocycles. The number of carbonyl (C=O) groups is 1. The summed E-state index contributed by atoms with van der Waals surface area (Å²) in [5, 5.41) is 4.51. The first-order valence-electron chi connectivity index (χ1n) is 8.85. The van der Waals surface area contributed by atoms with Crippen LogP contribution in [0.1, 0.15) is 36.6 Å². The molecule has 2 aliphatic rings. The molecular weight excluding hydrogens is 390 g/mol. The van der Waals surface area contributed by atoms with E-state index in [1.54, 1.807) is 17.7 Å². The van der Waals surface area contributed by atoms with Gasteiger partial charge >= 0.3 is 0 Å². The van der Waals surface area contributed by atoms with Crippen molar-refractivity contribution in [1.29, 1.82) is 0 Å². The highest BCUT2D eigenvalue weighted by Crippen LogP contribution is 2.40. The van der Waals surface area contributed by atoms with Gasteiger partial charge in [-0.2, -0.15) is 0 Å². The van der Waals surface area contributed by atoms with Crippen LogP contribution in [0, 0.1) is 0 Å². The average molecular weight is 412 g/mol. The first kappa shape index (κ1) is 18.2.